The Kier molecular flexibility index (Phi) is 6.11. The Bertz CT molecular complexity index is 748. The zero-order valence-corrected chi connectivity index (χ0v) is 17.9. The third kappa shape index (κ3) is 4.57. The Morgan fingerprint density at radius 3 is 2.66 bits per heavy atom. The van der Waals surface area contributed by atoms with Crippen LogP contribution in [0.15, 0.2) is 10.6 Å². The largest absolute Gasteiger partial charge is 0.381 e. The molecule has 8 nitrogen and oxygen atoms in total. The van der Waals surface area contributed by atoms with E-state index in [0.717, 1.165) is 38.7 Å². The monoisotopic (exact) mass is 426 g/mol. The molecular formula is C20H30N2O6S. The number of nitrogens with zero attached hydrogens (tertiary/aromatic N) is 1. The number of rotatable bonds is 7. The van der Waals surface area contributed by atoms with E-state index in [1.165, 1.54) is 0 Å². The number of hydrogen-bond acceptors (Lipinski definition) is 7. The molecule has 1 aliphatic carbocycles. The van der Waals surface area contributed by atoms with Gasteiger partial charge in [0.15, 0.2) is 6.29 Å². The van der Waals surface area contributed by atoms with Crippen molar-refractivity contribution in [1.29, 1.82) is 0 Å². The predicted octanol–water partition coefficient (Wildman–Crippen LogP) is 2.85. The van der Waals surface area contributed by atoms with E-state index < -0.39 is 21.1 Å². The molecule has 1 aromatic heterocycles. The van der Waals surface area contributed by atoms with Crippen LogP contribution in [-0.4, -0.2) is 51.4 Å². The van der Waals surface area contributed by atoms with Gasteiger partial charge in [0.1, 0.15) is 16.0 Å². The molecule has 0 radical (unpaired) electrons. The third-order valence-electron chi connectivity index (χ3n) is 5.93. The van der Waals surface area contributed by atoms with Crippen LogP contribution >= 0.6 is 0 Å². The maximum atomic E-state index is 13.0. The highest BCUT2D eigenvalue weighted by Crippen LogP contribution is 2.50. The quantitative estimate of drug-likeness (QED) is 0.715. The van der Waals surface area contributed by atoms with Crippen LogP contribution in [0.25, 0.3) is 0 Å². The van der Waals surface area contributed by atoms with Crippen molar-refractivity contribution < 1.29 is 27.7 Å². The summed E-state index contributed by atoms with van der Waals surface area (Å²) in [6.07, 6.45) is 5.96. The van der Waals surface area contributed by atoms with E-state index in [-0.39, 0.29) is 23.3 Å². The van der Waals surface area contributed by atoms with Gasteiger partial charge < -0.3 is 18.7 Å². The summed E-state index contributed by atoms with van der Waals surface area (Å²) in [6.45, 7) is 5.31. The molecule has 2 atom stereocenters. The summed E-state index contributed by atoms with van der Waals surface area (Å²) in [5.74, 6) is -0.0899. The number of nitrogens with one attached hydrogen (secondary N) is 1. The average molecular weight is 427 g/mol. The standard InChI is InChI=1S/C20H30N2O6S/c1-19(2,29(24)14-6-11-25-12-7-14)18(23)21-16-13-15(22-28-16)20(8-9-20)27-17-5-3-4-10-26-17/h13-14,17H,3-12H2,1-2H3,(H,21,23). The number of amides is 1. The fourth-order valence-corrected chi connectivity index (χ4v) is 5.50. The van der Waals surface area contributed by atoms with E-state index in [9.17, 15) is 9.00 Å². The molecule has 162 valence electrons. The van der Waals surface area contributed by atoms with Crippen LogP contribution in [0.1, 0.15) is 64.5 Å². The van der Waals surface area contributed by atoms with Crippen LogP contribution in [0, 0.1) is 0 Å². The molecule has 0 spiro atoms. The predicted molar refractivity (Wildman–Crippen MR) is 107 cm³/mol. The molecule has 2 aliphatic heterocycles. The summed E-state index contributed by atoms with van der Waals surface area (Å²) in [6, 6.07) is 1.71. The van der Waals surface area contributed by atoms with Gasteiger partial charge in [-0.05, 0) is 58.8 Å². The molecule has 0 bridgehead atoms. The molecule has 2 unspecified atom stereocenters. The summed E-state index contributed by atoms with van der Waals surface area (Å²) < 4.78 is 34.4. The Morgan fingerprint density at radius 1 is 1.24 bits per heavy atom. The van der Waals surface area contributed by atoms with Crippen LogP contribution in [0.2, 0.25) is 0 Å². The molecule has 1 aromatic rings. The minimum atomic E-state index is -1.32. The first-order chi connectivity index (χ1) is 13.9. The van der Waals surface area contributed by atoms with E-state index in [1.54, 1.807) is 19.9 Å². The molecule has 3 aliphatic rings. The van der Waals surface area contributed by atoms with Crippen molar-refractivity contribution in [3.8, 4) is 0 Å². The average Bonchev–Trinajstić information content (AvgIpc) is 3.36. The molecule has 4 rings (SSSR count). The van der Waals surface area contributed by atoms with Crippen LogP contribution in [0.5, 0.6) is 0 Å². The third-order valence-corrected chi connectivity index (χ3v) is 8.20. The van der Waals surface area contributed by atoms with Gasteiger partial charge in [0.05, 0.1) is 0 Å². The Balaban J connectivity index is 1.38. The molecule has 1 saturated carbocycles. The Morgan fingerprint density at radius 2 is 2.00 bits per heavy atom. The zero-order valence-electron chi connectivity index (χ0n) is 17.1. The van der Waals surface area contributed by atoms with Crippen LogP contribution < -0.4 is 5.32 Å². The minimum Gasteiger partial charge on any atom is -0.381 e. The lowest BCUT2D eigenvalue weighted by molar-refractivity contribution is -0.201. The molecule has 3 heterocycles. The lowest BCUT2D eigenvalue weighted by Crippen LogP contribution is -2.46. The van der Waals surface area contributed by atoms with Crippen molar-refractivity contribution >= 4 is 22.6 Å². The van der Waals surface area contributed by atoms with E-state index in [2.05, 4.69) is 10.5 Å². The Hall–Kier alpha value is -1.29. The van der Waals surface area contributed by atoms with Crippen molar-refractivity contribution in [2.75, 3.05) is 25.1 Å². The van der Waals surface area contributed by atoms with Crippen molar-refractivity contribution in [1.82, 2.24) is 5.16 Å². The number of anilines is 1. The fraction of sp³-hybridized carbons (Fsp3) is 0.800. The van der Waals surface area contributed by atoms with Gasteiger partial charge >= 0.3 is 0 Å². The van der Waals surface area contributed by atoms with E-state index in [4.69, 9.17) is 18.7 Å². The van der Waals surface area contributed by atoms with E-state index in [1.807, 2.05) is 0 Å². The number of aromatic nitrogens is 1. The van der Waals surface area contributed by atoms with Crippen LogP contribution in [-0.2, 0) is 35.4 Å². The second kappa shape index (κ2) is 8.45. The molecule has 3 fully saturated rings. The van der Waals surface area contributed by atoms with E-state index >= 15 is 0 Å². The number of ether oxygens (including phenoxy) is 3. The minimum absolute atomic E-state index is 0.0339. The van der Waals surface area contributed by atoms with Crippen molar-refractivity contribution in [3.05, 3.63) is 11.8 Å². The highest BCUT2D eigenvalue weighted by atomic mass is 32.2. The molecule has 29 heavy (non-hydrogen) atoms. The topological polar surface area (TPSA) is 99.9 Å². The zero-order chi connectivity index (χ0) is 20.5. The van der Waals surface area contributed by atoms with Gasteiger partial charge in [0.25, 0.3) is 0 Å². The highest BCUT2D eigenvalue weighted by molar-refractivity contribution is 7.87. The van der Waals surface area contributed by atoms with Gasteiger partial charge in [-0.1, -0.05) is 5.16 Å². The molecule has 9 heteroatoms. The molecule has 2 saturated heterocycles. The van der Waals surface area contributed by atoms with Gasteiger partial charge in [-0.15, -0.1) is 0 Å². The first kappa shape index (κ1) is 21.0. The van der Waals surface area contributed by atoms with Crippen molar-refractivity contribution in [2.24, 2.45) is 0 Å². The Labute approximate surface area is 173 Å². The summed E-state index contributed by atoms with van der Waals surface area (Å²) in [7, 11) is -1.32. The molecule has 1 amide bonds. The van der Waals surface area contributed by atoms with E-state index in [0.29, 0.717) is 31.7 Å². The van der Waals surface area contributed by atoms with Gasteiger partial charge in [0.2, 0.25) is 11.8 Å². The number of hydrogen-bond donors (Lipinski definition) is 1. The van der Waals surface area contributed by atoms with Crippen molar-refractivity contribution in [2.45, 2.75) is 80.7 Å². The van der Waals surface area contributed by atoms with Gasteiger partial charge in [0, 0.05) is 41.9 Å². The molecule has 0 aromatic carbocycles. The first-order valence-corrected chi connectivity index (χ1v) is 11.7. The lowest BCUT2D eigenvalue weighted by atomic mass is 10.2. The second-order valence-corrected chi connectivity index (χ2v) is 10.8. The second-order valence-electron chi connectivity index (χ2n) is 8.56. The smallest absolute Gasteiger partial charge is 0.245 e. The maximum absolute atomic E-state index is 13.0. The summed E-state index contributed by atoms with van der Waals surface area (Å²) >= 11 is 0. The normalized spacial score (nSPS) is 26.1. The van der Waals surface area contributed by atoms with Gasteiger partial charge in [-0.3, -0.25) is 14.3 Å². The SMILES string of the molecule is CC(C)(C(=O)Nc1cc(C2(OC3CCCCO3)CC2)no1)S(=O)C1CCOCC1. The highest BCUT2D eigenvalue weighted by Gasteiger charge is 2.51. The molecular weight excluding hydrogens is 396 g/mol. The maximum Gasteiger partial charge on any atom is 0.245 e. The van der Waals surface area contributed by atoms with Crippen LogP contribution in [0.3, 0.4) is 0 Å². The lowest BCUT2D eigenvalue weighted by Gasteiger charge is -2.29. The summed E-state index contributed by atoms with van der Waals surface area (Å²) in [5.41, 5.74) is 0.194. The number of carbonyl (C=O) groups excluding carboxylic acids is 1. The number of carbonyl (C=O) groups is 1. The summed E-state index contributed by atoms with van der Waals surface area (Å²) in [5, 5.41) is 6.84. The van der Waals surface area contributed by atoms with Gasteiger partial charge in [-0.25, -0.2) is 0 Å². The fourth-order valence-electron chi connectivity index (χ4n) is 3.81. The molecule has 1 N–H and O–H groups in total. The summed E-state index contributed by atoms with van der Waals surface area (Å²) in [4.78, 5) is 12.8. The van der Waals surface area contributed by atoms with Crippen molar-refractivity contribution in [3.63, 3.8) is 0 Å². The van der Waals surface area contributed by atoms with Gasteiger partial charge in [-0.2, -0.15) is 0 Å². The first-order valence-electron chi connectivity index (χ1n) is 10.5. The van der Waals surface area contributed by atoms with Crippen LogP contribution in [0.4, 0.5) is 5.88 Å².